The van der Waals surface area contributed by atoms with Crippen molar-refractivity contribution in [1.29, 1.82) is 0 Å². The summed E-state index contributed by atoms with van der Waals surface area (Å²) in [5, 5.41) is 7.02. The van der Waals surface area contributed by atoms with Gasteiger partial charge in [-0.2, -0.15) is 0 Å². The van der Waals surface area contributed by atoms with Crippen LogP contribution in [-0.4, -0.2) is 16.1 Å². The Labute approximate surface area is 122 Å². The Balaban J connectivity index is 2.11. The van der Waals surface area contributed by atoms with Crippen molar-refractivity contribution in [2.75, 3.05) is 5.32 Å². The fraction of sp³-hybridized carbons (Fsp3) is 0. The number of amides is 1. The predicted molar refractivity (Wildman–Crippen MR) is 79.5 cm³/mol. The van der Waals surface area contributed by atoms with E-state index in [2.05, 4.69) is 15.5 Å². The van der Waals surface area contributed by atoms with Gasteiger partial charge in [0.05, 0.1) is 22.0 Å². The molecule has 0 aliphatic rings. The molecule has 6 nitrogen and oxygen atoms in total. The van der Waals surface area contributed by atoms with E-state index in [0.717, 1.165) is 6.07 Å². The minimum Gasteiger partial charge on any atom is -0.321 e. The lowest BCUT2D eigenvalue weighted by Crippen LogP contribution is -2.21. The molecule has 0 saturated carbocycles. The molecule has 0 spiro atoms. The van der Waals surface area contributed by atoms with Crippen LogP contribution in [0.4, 0.5) is 10.1 Å². The van der Waals surface area contributed by atoms with Crippen molar-refractivity contribution >= 4 is 22.4 Å². The highest BCUT2D eigenvalue weighted by Gasteiger charge is 2.14. The molecule has 2 aromatic carbocycles. The smallest absolute Gasteiger partial charge is 0.272 e. The third kappa shape index (κ3) is 2.28. The number of H-pyrrole nitrogens is 2. The predicted octanol–water partition coefficient (Wildman–Crippen LogP) is 1.61. The Morgan fingerprint density at radius 2 is 1.68 bits per heavy atom. The van der Waals surface area contributed by atoms with E-state index in [0.29, 0.717) is 0 Å². The number of benzene rings is 2. The van der Waals surface area contributed by atoms with Crippen LogP contribution in [-0.2, 0) is 0 Å². The molecule has 0 aliphatic carbocycles. The first-order valence-corrected chi connectivity index (χ1v) is 6.37. The molecule has 22 heavy (non-hydrogen) atoms. The molecular weight excluding hydrogens is 289 g/mol. The van der Waals surface area contributed by atoms with Crippen LogP contribution in [0.5, 0.6) is 0 Å². The minimum atomic E-state index is -0.703. The lowest BCUT2D eigenvalue weighted by molar-refractivity contribution is 0.102. The van der Waals surface area contributed by atoms with E-state index in [-0.39, 0.29) is 22.0 Å². The van der Waals surface area contributed by atoms with E-state index in [1.807, 2.05) is 0 Å². The monoisotopic (exact) mass is 299 g/mol. The van der Waals surface area contributed by atoms with E-state index in [9.17, 15) is 18.8 Å². The maximum absolute atomic E-state index is 13.6. The number of rotatable bonds is 2. The molecule has 1 amide bonds. The second kappa shape index (κ2) is 5.28. The Bertz CT molecular complexity index is 991. The summed E-state index contributed by atoms with van der Waals surface area (Å²) in [4.78, 5) is 35.7. The standard InChI is InChI=1S/C15H10FN3O3/c16-10-6-2-1-4-8(10)13(20)17-11-7-3-5-9-12(11)15(22)19-18-14(9)21/h1-7H,(H,17,20)(H,18,21)(H,19,22). The number of carbonyl (C=O) groups is 1. The fourth-order valence-electron chi connectivity index (χ4n) is 2.17. The Morgan fingerprint density at radius 1 is 0.955 bits per heavy atom. The van der Waals surface area contributed by atoms with Crippen LogP contribution in [0.25, 0.3) is 10.8 Å². The van der Waals surface area contributed by atoms with E-state index >= 15 is 0 Å². The Hall–Kier alpha value is -3.22. The largest absolute Gasteiger partial charge is 0.321 e. The molecule has 0 unspecified atom stereocenters. The summed E-state index contributed by atoms with van der Waals surface area (Å²) in [6, 6.07) is 9.93. The molecule has 3 aromatic rings. The summed E-state index contributed by atoms with van der Waals surface area (Å²) in [5.74, 6) is -1.38. The summed E-state index contributed by atoms with van der Waals surface area (Å²) in [5.41, 5.74) is -1.06. The van der Waals surface area contributed by atoms with Gasteiger partial charge in [0.1, 0.15) is 5.82 Å². The van der Waals surface area contributed by atoms with Gasteiger partial charge in [0.2, 0.25) is 0 Å². The van der Waals surface area contributed by atoms with Gasteiger partial charge in [0.15, 0.2) is 0 Å². The molecule has 0 fully saturated rings. The minimum absolute atomic E-state index is 0.0379. The third-order valence-electron chi connectivity index (χ3n) is 3.19. The van der Waals surface area contributed by atoms with Gasteiger partial charge >= 0.3 is 0 Å². The van der Waals surface area contributed by atoms with Crippen molar-refractivity contribution in [3.05, 3.63) is 74.6 Å². The highest BCUT2D eigenvalue weighted by atomic mass is 19.1. The average molecular weight is 299 g/mol. The molecule has 0 aliphatic heterocycles. The van der Waals surface area contributed by atoms with Gasteiger partial charge in [-0.25, -0.2) is 4.39 Å². The Morgan fingerprint density at radius 3 is 2.45 bits per heavy atom. The van der Waals surface area contributed by atoms with Crippen LogP contribution in [0.1, 0.15) is 10.4 Å². The van der Waals surface area contributed by atoms with Gasteiger partial charge in [-0.3, -0.25) is 24.6 Å². The van der Waals surface area contributed by atoms with Gasteiger partial charge in [-0.05, 0) is 24.3 Å². The summed E-state index contributed by atoms with van der Waals surface area (Å²) >= 11 is 0. The van der Waals surface area contributed by atoms with Crippen LogP contribution >= 0.6 is 0 Å². The molecule has 1 heterocycles. The third-order valence-corrected chi connectivity index (χ3v) is 3.19. The van der Waals surface area contributed by atoms with Crippen molar-refractivity contribution in [1.82, 2.24) is 10.2 Å². The van der Waals surface area contributed by atoms with E-state index in [1.54, 1.807) is 0 Å². The normalized spacial score (nSPS) is 10.6. The summed E-state index contributed by atoms with van der Waals surface area (Å²) in [7, 11) is 0. The molecule has 0 saturated heterocycles. The molecule has 7 heteroatoms. The van der Waals surface area contributed by atoms with Crippen LogP contribution in [0.15, 0.2) is 52.1 Å². The number of aromatic amines is 2. The number of halogens is 1. The van der Waals surface area contributed by atoms with Gasteiger partial charge in [-0.15, -0.1) is 0 Å². The molecule has 0 atom stereocenters. The molecule has 1 aromatic heterocycles. The van der Waals surface area contributed by atoms with Crippen LogP contribution in [0.3, 0.4) is 0 Å². The lowest BCUT2D eigenvalue weighted by Gasteiger charge is -2.08. The average Bonchev–Trinajstić information content (AvgIpc) is 2.51. The van der Waals surface area contributed by atoms with Gasteiger partial charge < -0.3 is 5.32 Å². The first-order chi connectivity index (χ1) is 10.6. The highest BCUT2D eigenvalue weighted by molar-refractivity contribution is 6.08. The zero-order valence-corrected chi connectivity index (χ0v) is 11.1. The first kappa shape index (κ1) is 13.7. The summed E-state index contributed by atoms with van der Waals surface area (Å²) in [6.07, 6.45) is 0. The van der Waals surface area contributed by atoms with Gasteiger partial charge in [-0.1, -0.05) is 18.2 Å². The molecule has 0 radical (unpaired) electrons. The van der Waals surface area contributed by atoms with Crippen molar-refractivity contribution in [3.8, 4) is 0 Å². The fourth-order valence-corrected chi connectivity index (χ4v) is 2.17. The highest BCUT2D eigenvalue weighted by Crippen LogP contribution is 2.18. The molecule has 3 rings (SSSR count). The second-order valence-electron chi connectivity index (χ2n) is 4.57. The van der Waals surface area contributed by atoms with Crippen molar-refractivity contribution < 1.29 is 9.18 Å². The number of hydrogen-bond acceptors (Lipinski definition) is 3. The number of carbonyl (C=O) groups excluding carboxylic acids is 1. The number of anilines is 1. The topological polar surface area (TPSA) is 94.8 Å². The Kier molecular flexibility index (Phi) is 3.30. The number of aromatic nitrogens is 2. The van der Waals surface area contributed by atoms with Crippen LogP contribution in [0, 0.1) is 5.82 Å². The molecule has 110 valence electrons. The quantitative estimate of drug-likeness (QED) is 0.671. The number of nitrogens with one attached hydrogen (secondary N) is 3. The molecule has 3 N–H and O–H groups in total. The lowest BCUT2D eigenvalue weighted by atomic mass is 10.1. The van der Waals surface area contributed by atoms with E-state index in [1.165, 1.54) is 36.4 Å². The van der Waals surface area contributed by atoms with Gasteiger partial charge in [0.25, 0.3) is 17.0 Å². The zero-order chi connectivity index (χ0) is 15.7. The molecular formula is C15H10FN3O3. The maximum Gasteiger partial charge on any atom is 0.272 e. The van der Waals surface area contributed by atoms with E-state index < -0.39 is 22.8 Å². The van der Waals surface area contributed by atoms with Crippen molar-refractivity contribution in [2.45, 2.75) is 0 Å². The number of hydrogen-bond donors (Lipinski definition) is 3. The van der Waals surface area contributed by atoms with Gasteiger partial charge in [0, 0.05) is 0 Å². The van der Waals surface area contributed by atoms with E-state index in [4.69, 9.17) is 0 Å². The van der Waals surface area contributed by atoms with Crippen molar-refractivity contribution in [3.63, 3.8) is 0 Å². The maximum atomic E-state index is 13.6. The summed E-state index contributed by atoms with van der Waals surface area (Å²) in [6.45, 7) is 0. The second-order valence-corrected chi connectivity index (χ2v) is 4.57. The summed E-state index contributed by atoms with van der Waals surface area (Å²) < 4.78 is 13.6. The SMILES string of the molecule is O=C(Nc1cccc2c(=O)[nH][nH]c(=O)c12)c1ccccc1F. The van der Waals surface area contributed by atoms with Crippen LogP contribution in [0.2, 0.25) is 0 Å². The van der Waals surface area contributed by atoms with Crippen molar-refractivity contribution in [2.24, 2.45) is 0 Å². The zero-order valence-electron chi connectivity index (χ0n) is 11.1. The van der Waals surface area contributed by atoms with Crippen LogP contribution < -0.4 is 16.4 Å². The molecule has 0 bridgehead atoms. The number of fused-ring (bicyclic) bond motifs is 1. The first-order valence-electron chi connectivity index (χ1n) is 6.37.